The largest absolute Gasteiger partial charge is 0.471 e. The van der Waals surface area contributed by atoms with E-state index in [1.54, 1.807) is 35.2 Å². The third kappa shape index (κ3) is 3.98. The lowest BCUT2D eigenvalue weighted by Crippen LogP contribution is -2.23. The molecule has 1 aliphatic heterocycles. The molecule has 4 rings (SSSR count). The number of carbonyl (C=O) groups excluding carboxylic acids is 1. The van der Waals surface area contributed by atoms with Crippen LogP contribution in [0.3, 0.4) is 0 Å². The first kappa shape index (κ1) is 19.9. The van der Waals surface area contributed by atoms with Crippen LogP contribution in [0.5, 0.6) is 5.88 Å². The molecule has 3 heterocycles. The van der Waals surface area contributed by atoms with Crippen molar-refractivity contribution in [1.29, 1.82) is 0 Å². The van der Waals surface area contributed by atoms with Gasteiger partial charge in [-0.1, -0.05) is 24.3 Å². The predicted octanol–water partition coefficient (Wildman–Crippen LogP) is 4.14. The van der Waals surface area contributed by atoms with Crippen molar-refractivity contribution >= 4 is 5.91 Å². The molecule has 0 saturated heterocycles. The van der Waals surface area contributed by atoms with E-state index < -0.39 is 19.6 Å². The van der Waals surface area contributed by atoms with Gasteiger partial charge in [0.2, 0.25) is 5.88 Å². The molecule has 6 nitrogen and oxygen atoms in total. The standard InChI is InChI=1S/C20H16F4N4O2/c21-16(22)11-30-18-17-14(5-6-25-18)9-27(19(17)29)8-12-1-3-13(4-2-12)15-7-26-28(10-15)20(23)24/h1-7,10,16,20H,8-9,11H2. The molecule has 10 heteroatoms. The molecule has 0 unspecified atom stereocenters. The molecule has 0 fully saturated rings. The average molecular weight is 420 g/mol. The van der Waals surface area contributed by atoms with Crippen LogP contribution in [0.25, 0.3) is 11.1 Å². The Kier molecular flexibility index (Phi) is 5.39. The first-order valence-electron chi connectivity index (χ1n) is 9.02. The van der Waals surface area contributed by atoms with Crippen molar-refractivity contribution < 1.29 is 27.1 Å². The zero-order valence-electron chi connectivity index (χ0n) is 15.5. The molecule has 0 atom stereocenters. The second kappa shape index (κ2) is 8.13. The fourth-order valence-corrected chi connectivity index (χ4v) is 3.27. The molecular weight excluding hydrogens is 404 g/mol. The van der Waals surface area contributed by atoms with E-state index in [9.17, 15) is 22.4 Å². The second-order valence-electron chi connectivity index (χ2n) is 6.70. The minimum absolute atomic E-state index is 0.0910. The van der Waals surface area contributed by atoms with E-state index in [0.717, 1.165) is 5.56 Å². The van der Waals surface area contributed by atoms with E-state index in [1.165, 1.54) is 18.6 Å². The van der Waals surface area contributed by atoms with E-state index >= 15 is 0 Å². The van der Waals surface area contributed by atoms with Crippen molar-refractivity contribution in [3.8, 4) is 17.0 Å². The Morgan fingerprint density at radius 3 is 2.50 bits per heavy atom. The van der Waals surface area contributed by atoms with Gasteiger partial charge in [0.25, 0.3) is 12.3 Å². The number of pyridine rings is 1. The molecule has 1 aliphatic rings. The number of hydrogen-bond acceptors (Lipinski definition) is 4. The van der Waals surface area contributed by atoms with Crippen LogP contribution in [-0.4, -0.2) is 38.6 Å². The Morgan fingerprint density at radius 2 is 1.83 bits per heavy atom. The predicted molar refractivity (Wildman–Crippen MR) is 98.2 cm³/mol. The van der Waals surface area contributed by atoms with E-state index in [0.29, 0.717) is 34.5 Å². The zero-order chi connectivity index (χ0) is 21.3. The highest BCUT2D eigenvalue weighted by molar-refractivity contribution is 6.00. The number of rotatable bonds is 7. The summed E-state index contributed by atoms with van der Waals surface area (Å²) in [5, 5.41) is 3.61. The van der Waals surface area contributed by atoms with Gasteiger partial charge < -0.3 is 9.64 Å². The summed E-state index contributed by atoms with van der Waals surface area (Å²) >= 11 is 0. The van der Waals surface area contributed by atoms with Crippen LogP contribution in [0.1, 0.15) is 28.0 Å². The Hall–Kier alpha value is -3.43. The lowest BCUT2D eigenvalue weighted by Gasteiger charge is -2.16. The van der Waals surface area contributed by atoms with Crippen LogP contribution in [0.2, 0.25) is 0 Å². The quantitative estimate of drug-likeness (QED) is 0.539. The monoisotopic (exact) mass is 420 g/mol. The maximum atomic E-state index is 12.8. The molecule has 0 aliphatic carbocycles. The molecule has 0 saturated carbocycles. The topological polar surface area (TPSA) is 60.2 Å². The summed E-state index contributed by atoms with van der Waals surface area (Å²) in [6.45, 7) is -2.94. The zero-order valence-corrected chi connectivity index (χ0v) is 15.5. The van der Waals surface area contributed by atoms with Crippen molar-refractivity contribution in [1.82, 2.24) is 19.7 Å². The highest BCUT2D eigenvalue weighted by Gasteiger charge is 2.31. The molecule has 30 heavy (non-hydrogen) atoms. The van der Waals surface area contributed by atoms with Crippen molar-refractivity contribution in [3.05, 3.63) is 65.6 Å². The Labute approximate surface area is 168 Å². The van der Waals surface area contributed by atoms with Gasteiger partial charge in [-0.3, -0.25) is 4.79 Å². The number of ether oxygens (including phenoxy) is 1. The molecule has 1 amide bonds. The maximum absolute atomic E-state index is 12.8. The number of alkyl halides is 4. The van der Waals surface area contributed by atoms with Crippen molar-refractivity contribution in [2.75, 3.05) is 6.61 Å². The molecule has 0 N–H and O–H groups in total. The normalized spacial score (nSPS) is 13.4. The molecule has 2 aromatic heterocycles. The first-order chi connectivity index (χ1) is 14.4. The van der Waals surface area contributed by atoms with E-state index in [-0.39, 0.29) is 17.4 Å². The van der Waals surface area contributed by atoms with Gasteiger partial charge in [-0.05, 0) is 22.8 Å². The molecule has 0 spiro atoms. The maximum Gasteiger partial charge on any atom is 0.333 e. The van der Waals surface area contributed by atoms with Crippen LogP contribution in [0.15, 0.2) is 48.9 Å². The summed E-state index contributed by atoms with van der Waals surface area (Å²) < 4.78 is 55.8. The molecule has 0 radical (unpaired) electrons. The SMILES string of the molecule is O=C1c2c(ccnc2OCC(F)F)CN1Cc1ccc(-c2cnn(C(F)F)c2)cc1. The van der Waals surface area contributed by atoms with Gasteiger partial charge in [-0.15, -0.1) is 0 Å². The van der Waals surface area contributed by atoms with Crippen LogP contribution in [0, 0.1) is 0 Å². The fourth-order valence-electron chi connectivity index (χ4n) is 3.27. The Bertz CT molecular complexity index is 1050. The second-order valence-corrected chi connectivity index (χ2v) is 6.70. The minimum atomic E-state index is -2.70. The molecule has 0 bridgehead atoms. The van der Waals surface area contributed by atoms with Gasteiger partial charge in [0.15, 0.2) is 6.61 Å². The summed E-state index contributed by atoms with van der Waals surface area (Å²) in [6.07, 6.45) is 1.37. The van der Waals surface area contributed by atoms with Gasteiger partial charge in [0.05, 0.1) is 6.20 Å². The number of benzene rings is 1. The number of aromatic nitrogens is 3. The third-order valence-electron chi connectivity index (χ3n) is 4.67. The highest BCUT2D eigenvalue weighted by Crippen LogP contribution is 2.31. The number of fused-ring (bicyclic) bond motifs is 1. The van der Waals surface area contributed by atoms with E-state index in [2.05, 4.69) is 10.1 Å². The number of nitrogens with zero attached hydrogens (tertiary/aromatic N) is 4. The smallest absolute Gasteiger partial charge is 0.333 e. The summed E-state index contributed by atoms with van der Waals surface area (Å²) in [5.74, 6) is -0.434. The van der Waals surface area contributed by atoms with E-state index in [4.69, 9.17) is 4.74 Å². The summed E-state index contributed by atoms with van der Waals surface area (Å²) in [6, 6.07) is 8.75. The lowest BCUT2D eigenvalue weighted by molar-refractivity contribution is 0.0566. The molecular formula is C20H16F4N4O2. The summed E-state index contributed by atoms with van der Waals surface area (Å²) in [5.41, 5.74) is 2.96. The van der Waals surface area contributed by atoms with Crippen LogP contribution < -0.4 is 4.74 Å². The van der Waals surface area contributed by atoms with Crippen LogP contribution in [-0.2, 0) is 13.1 Å². The molecule has 3 aromatic rings. The fraction of sp³-hybridized carbons (Fsp3) is 0.250. The summed E-state index contributed by atoms with van der Waals surface area (Å²) in [7, 11) is 0. The molecule has 156 valence electrons. The van der Waals surface area contributed by atoms with Gasteiger partial charge in [-0.2, -0.15) is 13.9 Å². The number of amides is 1. The Morgan fingerprint density at radius 1 is 1.07 bits per heavy atom. The van der Waals surface area contributed by atoms with Crippen LogP contribution in [0.4, 0.5) is 17.6 Å². The number of carbonyl (C=O) groups is 1. The lowest BCUT2D eigenvalue weighted by atomic mass is 10.1. The average Bonchev–Trinajstić information content (AvgIpc) is 3.33. The third-order valence-corrected chi connectivity index (χ3v) is 4.67. The number of halogens is 4. The van der Waals surface area contributed by atoms with Crippen LogP contribution >= 0.6 is 0 Å². The van der Waals surface area contributed by atoms with Gasteiger partial charge in [0.1, 0.15) is 5.56 Å². The van der Waals surface area contributed by atoms with Gasteiger partial charge in [0, 0.05) is 31.0 Å². The highest BCUT2D eigenvalue weighted by atomic mass is 19.3. The van der Waals surface area contributed by atoms with Crippen molar-refractivity contribution in [2.24, 2.45) is 0 Å². The van der Waals surface area contributed by atoms with Crippen molar-refractivity contribution in [3.63, 3.8) is 0 Å². The minimum Gasteiger partial charge on any atom is -0.471 e. The molecule has 1 aromatic carbocycles. The van der Waals surface area contributed by atoms with E-state index in [1.807, 2.05) is 0 Å². The Balaban J connectivity index is 1.47. The van der Waals surface area contributed by atoms with Gasteiger partial charge in [-0.25, -0.2) is 18.4 Å². The summed E-state index contributed by atoms with van der Waals surface area (Å²) in [4.78, 5) is 18.2. The first-order valence-corrected chi connectivity index (χ1v) is 9.02. The van der Waals surface area contributed by atoms with Crippen molar-refractivity contribution in [2.45, 2.75) is 26.1 Å². The van der Waals surface area contributed by atoms with Gasteiger partial charge >= 0.3 is 6.55 Å². The number of hydrogen-bond donors (Lipinski definition) is 0.